The zero-order chi connectivity index (χ0) is 33.0. The van der Waals surface area contributed by atoms with Crippen molar-refractivity contribution in [2.75, 3.05) is 27.4 Å². The molecule has 2 aromatic rings. The fraction of sp³-hybridized carbons (Fsp3) is 0.333. The maximum atomic E-state index is 12.9. The first-order valence-corrected chi connectivity index (χ1v) is 14.5. The number of aliphatic imine (C=N–C) groups is 1. The van der Waals surface area contributed by atoms with Crippen LogP contribution in [-0.4, -0.2) is 61.1 Å². The number of hydrogen-bond donors (Lipinski definition) is 2. The summed E-state index contributed by atoms with van der Waals surface area (Å²) in [5, 5.41) is 3.14. The van der Waals surface area contributed by atoms with Crippen LogP contribution in [0.1, 0.15) is 41.3 Å². The molecule has 46 heavy (non-hydrogen) atoms. The first-order chi connectivity index (χ1) is 22.1. The normalized spacial score (nSPS) is 16.1. The van der Waals surface area contributed by atoms with Crippen LogP contribution in [0.2, 0.25) is 0 Å². The first-order valence-electron chi connectivity index (χ1n) is 14.5. The van der Waals surface area contributed by atoms with E-state index in [0.29, 0.717) is 58.6 Å². The van der Waals surface area contributed by atoms with Crippen LogP contribution >= 0.6 is 0 Å². The van der Waals surface area contributed by atoms with E-state index in [4.69, 9.17) is 18.6 Å². The second kappa shape index (κ2) is 13.8. The van der Waals surface area contributed by atoms with Gasteiger partial charge in [0.15, 0.2) is 5.43 Å². The predicted octanol–water partition coefficient (Wildman–Crippen LogP) is 2.01. The number of nitrogens with one attached hydrogen (secondary N) is 2. The average molecular weight is 629 g/mol. The molecule has 2 N–H and O–H groups in total. The molecule has 13 heteroatoms. The molecule has 0 spiro atoms. The number of aromatic amines is 1. The highest BCUT2D eigenvalue weighted by atomic mass is 16.5. The van der Waals surface area contributed by atoms with Crippen molar-refractivity contribution in [1.82, 2.24) is 14.9 Å². The van der Waals surface area contributed by atoms with E-state index < -0.39 is 29.3 Å². The number of carbonyl (C=O) groups is 2. The maximum Gasteiger partial charge on any atom is 0.330 e. The van der Waals surface area contributed by atoms with Gasteiger partial charge in [-0.25, -0.2) is 9.79 Å². The number of ether oxygens (including phenoxy) is 3. The van der Waals surface area contributed by atoms with Gasteiger partial charge in [-0.2, -0.15) is 0 Å². The summed E-state index contributed by atoms with van der Waals surface area (Å²) in [5.41, 5.74) is 1.49. The lowest BCUT2D eigenvalue weighted by atomic mass is 9.94. The largest absolute Gasteiger partial charge is 0.496 e. The Morgan fingerprint density at radius 1 is 1.13 bits per heavy atom. The smallest absolute Gasteiger partial charge is 0.330 e. The molecule has 3 heterocycles. The molecule has 1 aromatic heterocycles. The van der Waals surface area contributed by atoms with Gasteiger partial charge >= 0.3 is 5.69 Å². The molecule has 5 rings (SSSR count). The van der Waals surface area contributed by atoms with Crippen molar-refractivity contribution in [3.8, 4) is 28.9 Å². The van der Waals surface area contributed by atoms with Crippen molar-refractivity contribution in [1.29, 1.82) is 0 Å². The molecule has 0 saturated carbocycles. The molecular weight excluding hydrogens is 596 g/mol. The number of nitrogens with zero attached hydrogens (tertiary/aromatic N) is 2. The highest BCUT2D eigenvalue weighted by Gasteiger charge is 2.27. The molecule has 0 unspecified atom stereocenters. The van der Waals surface area contributed by atoms with Gasteiger partial charge in [-0.15, -0.1) is 0 Å². The molecule has 1 aliphatic carbocycles. The van der Waals surface area contributed by atoms with Crippen LogP contribution in [0.25, 0.3) is 22.3 Å². The average Bonchev–Trinajstić information content (AvgIpc) is 3.48. The monoisotopic (exact) mass is 628 g/mol. The first kappa shape index (κ1) is 32.1. The molecule has 1 saturated heterocycles. The van der Waals surface area contributed by atoms with E-state index in [-0.39, 0.29) is 30.1 Å². The Morgan fingerprint density at radius 2 is 1.93 bits per heavy atom. The number of methoxy groups -OCH3 is 2. The molecule has 1 aromatic carbocycles. The van der Waals surface area contributed by atoms with Crippen LogP contribution in [-0.2, 0) is 25.5 Å². The van der Waals surface area contributed by atoms with Gasteiger partial charge in [0, 0.05) is 36.4 Å². The van der Waals surface area contributed by atoms with E-state index in [2.05, 4.69) is 27.1 Å². The van der Waals surface area contributed by atoms with Gasteiger partial charge in [-0.1, -0.05) is 11.8 Å². The minimum absolute atomic E-state index is 0.0257. The summed E-state index contributed by atoms with van der Waals surface area (Å²) < 4.78 is 23.6. The molecule has 238 valence electrons. The molecule has 0 radical (unpaired) electrons. The second-order valence-corrected chi connectivity index (χ2v) is 10.8. The minimum atomic E-state index is -0.671. The highest BCUT2D eigenvalue weighted by Crippen LogP contribution is 2.36. The van der Waals surface area contributed by atoms with Crippen LogP contribution in [0.15, 0.2) is 54.3 Å². The van der Waals surface area contributed by atoms with Crippen molar-refractivity contribution < 1.29 is 28.2 Å². The fourth-order valence-corrected chi connectivity index (χ4v) is 5.29. The Bertz CT molecular complexity index is 2060. The topological polar surface area (TPSA) is 171 Å². The molecule has 2 atom stereocenters. The number of aromatic nitrogens is 2. The lowest BCUT2D eigenvalue weighted by Crippen LogP contribution is -2.33. The van der Waals surface area contributed by atoms with E-state index in [9.17, 15) is 24.0 Å². The zero-order valence-corrected chi connectivity index (χ0v) is 25.7. The number of hydrogen-bond acceptors (Lipinski definition) is 9. The number of benzene rings is 2. The fourth-order valence-electron chi connectivity index (χ4n) is 5.29. The van der Waals surface area contributed by atoms with E-state index in [1.807, 2.05) is 13.0 Å². The summed E-state index contributed by atoms with van der Waals surface area (Å²) in [6, 6.07) is 6.59. The van der Waals surface area contributed by atoms with E-state index in [0.717, 1.165) is 11.8 Å². The van der Waals surface area contributed by atoms with Crippen molar-refractivity contribution in [2.45, 2.75) is 45.4 Å². The summed E-state index contributed by atoms with van der Waals surface area (Å²) in [7, 11) is 3.10. The van der Waals surface area contributed by atoms with Gasteiger partial charge in [-0.05, 0) is 55.5 Å². The van der Waals surface area contributed by atoms with Crippen molar-refractivity contribution >= 4 is 29.0 Å². The second-order valence-electron chi connectivity index (χ2n) is 10.8. The third-order valence-electron chi connectivity index (χ3n) is 7.59. The molecule has 0 bridgehead atoms. The number of H-pyrrole nitrogens is 1. The molecule has 13 nitrogen and oxygen atoms in total. The van der Waals surface area contributed by atoms with Gasteiger partial charge in [0.1, 0.15) is 28.9 Å². The Balaban J connectivity index is 1.27. The van der Waals surface area contributed by atoms with Crippen LogP contribution in [0.3, 0.4) is 0 Å². The van der Waals surface area contributed by atoms with Gasteiger partial charge in [0.05, 0.1) is 39.0 Å². The lowest BCUT2D eigenvalue weighted by Gasteiger charge is -2.16. The predicted molar refractivity (Wildman–Crippen MR) is 169 cm³/mol. The number of amides is 2. The van der Waals surface area contributed by atoms with Crippen molar-refractivity contribution in [2.24, 2.45) is 4.99 Å². The number of aryl methyl sites for hydroxylation is 2. The maximum absolute atomic E-state index is 12.9. The number of rotatable bonds is 8. The summed E-state index contributed by atoms with van der Waals surface area (Å²) in [6.45, 7) is 3.78. The highest BCUT2D eigenvalue weighted by molar-refractivity contribution is 6.28. The zero-order valence-electron chi connectivity index (χ0n) is 25.7. The molecule has 1 fully saturated rings. The third kappa shape index (κ3) is 6.98. The number of fused-ring (bicyclic) bond motifs is 2. The molecule has 2 amide bonds. The number of carbonyl (C=O) groups excluding carboxylic acids is 2. The van der Waals surface area contributed by atoms with Crippen LogP contribution in [0.4, 0.5) is 0 Å². The van der Waals surface area contributed by atoms with Gasteiger partial charge in [0.25, 0.3) is 11.5 Å². The quantitative estimate of drug-likeness (QED) is 0.168. The van der Waals surface area contributed by atoms with E-state index in [1.165, 1.54) is 23.9 Å². The molecular formula is C33H32N4O9. The Kier molecular flexibility index (Phi) is 9.60. The summed E-state index contributed by atoms with van der Waals surface area (Å²) in [5.74, 6) is 4.95. The Morgan fingerprint density at radius 3 is 2.70 bits per heavy atom. The Hall–Kier alpha value is -5.32. The standard InChI is InChI=1S/C33H32N4O9/c1-18-10-23-22(24-11-19(2)26(44-4)14-28(24)46-27(23)13-25(18)38)12-29(39)35-15-30(40)34-9-5-6-20-16-37(33(42)36-32(20)41)31-8-7-21(45-31)17-43-3/h10-11,13-16,21,31H,7-9,12,17H2,1-4H3,(H,34,40)(H,36,41,42)/t21-,31+/m0/s1. The van der Waals surface area contributed by atoms with Crippen LogP contribution in [0.5, 0.6) is 5.75 Å². The lowest BCUT2D eigenvalue weighted by molar-refractivity contribution is -0.118. The van der Waals surface area contributed by atoms with Crippen molar-refractivity contribution in [3.05, 3.63) is 83.8 Å². The van der Waals surface area contributed by atoms with E-state index in [1.54, 1.807) is 26.2 Å². The SMILES string of the molecule is COC[C@@H]1CC[C@H](n2cc(C#CCNC(=O)C=NC(=O)Cc3c4cc(C)c(=O)cc-4oc4cc(OC)c(C)cc34)c(=O)[nH]c2=O)O1. The van der Waals surface area contributed by atoms with Crippen LogP contribution < -0.4 is 26.7 Å². The Labute approximate surface area is 262 Å². The van der Waals surface area contributed by atoms with E-state index >= 15 is 0 Å². The summed E-state index contributed by atoms with van der Waals surface area (Å²) in [6.07, 6.45) is 2.59. The van der Waals surface area contributed by atoms with Crippen molar-refractivity contribution in [3.63, 3.8) is 0 Å². The summed E-state index contributed by atoms with van der Waals surface area (Å²) in [4.78, 5) is 68.3. The van der Waals surface area contributed by atoms with Crippen LogP contribution in [0, 0.1) is 25.7 Å². The minimum Gasteiger partial charge on any atom is -0.496 e. The molecule has 2 aliphatic heterocycles. The summed E-state index contributed by atoms with van der Waals surface area (Å²) >= 11 is 0. The van der Waals surface area contributed by atoms with Gasteiger partial charge < -0.3 is 23.9 Å². The third-order valence-corrected chi connectivity index (χ3v) is 7.59. The van der Waals surface area contributed by atoms with Gasteiger partial charge in [-0.3, -0.25) is 28.7 Å². The van der Waals surface area contributed by atoms with Gasteiger partial charge in [0.2, 0.25) is 5.91 Å². The molecule has 3 aliphatic rings.